The van der Waals surface area contributed by atoms with E-state index < -0.39 is 0 Å². The van der Waals surface area contributed by atoms with E-state index in [0.29, 0.717) is 24.0 Å². The molecule has 0 atom stereocenters. The van der Waals surface area contributed by atoms with Crippen LogP contribution in [0.25, 0.3) is 0 Å². The van der Waals surface area contributed by atoms with Crippen molar-refractivity contribution in [3.8, 4) is 11.5 Å². The lowest BCUT2D eigenvalue weighted by molar-refractivity contribution is 0.267. The predicted octanol–water partition coefficient (Wildman–Crippen LogP) is 5.90. The molecule has 29 heavy (non-hydrogen) atoms. The van der Waals surface area contributed by atoms with Gasteiger partial charge in [-0.1, -0.05) is 43.6 Å². The van der Waals surface area contributed by atoms with Crippen molar-refractivity contribution in [2.45, 2.75) is 40.3 Å². The fourth-order valence-corrected chi connectivity index (χ4v) is 3.89. The molecule has 4 nitrogen and oxygen atoms in total. The minimum Gasteiger partial charge on any atom is -0.490 e. The van der Waals surface area contributed by atoms with Gasteiger partial charge in [-0.05, 0) is 79.2 Å². The van der Waals surface area contributed by atoms with Crippen molar-refractivity contribution in [2.75, 3.05) is 32.8 Å². The molecule has 0 spiro atoms. The molecular formula is C23H32BrClN2O2. The van der Waals surface area contributed by atoms with Crippen molar-refractivity contribution in [1.82, 2.24) is 10.2 Å². The van der Waals surface area contributed by atoms with Gasteiger partial charge in [0.25, 0.3) is 0 Å². The van der Waals surface area contributed by atoms with Gasteiger partial charge < -0.3 is 19.7 Å². The summed E-state index contributed by atoms with van der Waals surface area (Å²) in [5.41, 5.74) is 2.11. The minimum atomic E-state index is 0.390. The van der Waals surface area contributed by atoms with Crippen molar-refractivity contribution >= 4 is 27.5 Å². The summed E-state index contributed by atoms with van der Waals surface area (Å²) in [5, 5.41) is 4.23. The Bertz CT molecular complexity index is 754. The summed E-state index contributed by atoms with van der Waals surface area (Å²) >= 11 is 9.89. The molecule has 0 fully saturated rings. The fourth-order valence-electron chi connectivity index (χ4n) is 3.09. The van der Waals surface area contributed by atoms with Crippen molar-refractivity contribution in [3.63, 3.8) is 0 Å². The molecule has 0 bridgehead atoms. The zero-order valence-corrected chi connectivity index (χ0v) is 20.0. The van der Waals surface area contributed by atoms with E-state index in [1.54, 1.807) is 0 Å². The molecule has 0 saturated heterocycles. The number of hydrogen-bond acceptors (Lipinski definition) is 4. The van der Waals surface area contributed by atoms with E-state index in [1.165, 1.54) is 0 Å². The van der Waals surface area contributed by atoms with E-state index in [2.05, 4.69) is 46.1 Å². The van der Waals surface area contributed by atoms with Gasteiger partial charge in [0.1, 0.15) is 6.61 Å². The molecular weight excluding hydrogens is 452 g/mol. The van der Waals surface area contributed by atoms with E-state index in [4.69, 9.17) is 21.1 Å². The first kappa shape index (κ1) is 24.0. The monoisotopic (exact) mass is 482 g/mol. The van der Waals surface area contributed by atoms with Crippen LogP contribution in [0.15, 0.2) is 40.9 Å². The van der Waals surface area contributed by atoms with Gasteiger partial charge >= 0.3 is 0 Å². The van der Waals surface area contributed by atoms with Crippen LogP contribution in [-0.2, 0) is 13.2 Å². The first-order valence-corrected chi connectivity index (χ1v) is 11.5. The summed E-state index contributed by atoms with van der Waals surface area (Å²) in [7, 11) is 0. The maximum Gasteiger partial charge on any atom is 0.175 e. The lowest BCUT2D eigenvalue weighted by Gasteiger charge is -2.18. The van der Waals surface area contributed by atoms with Crippen LogP contribution < -0.4 is 14.8 Å². The van der Waals surface area contributed by atoms with Gasteiger partial charge in [-0.3, -0.25) is 0 Å². The van der Waals surface area contributed by atoms with E-state index in [-0.39, 0.29) is 0 Å². The zero-order chi connectivity index (χ0) is 21.1. The second-order valence-electron chi connectivity index (χ2n) is 6.78. The highest BCUT2D eigenvalue weighted by atomic mass is 79.9. The molecule has 0 aromatic heterocycles. The van der Waals surface area contributed by atoms with Crippen LogP contribution in [0.1, 0.15) is 38.3 Å². The molecule has 0 unspecified atom stereocenters. The molecule has 0 aliphatic rings. The smallest absolute Gasteiger partial charge is 0.175 e. The highest BCUT2D eigenvalue weighted by molar-refractivity contribution is 9.10. The summed E-state index contributed by atoms with van der Waals surface area (Å²) in [6.07, 6.45) is 1.14. The third-order valence-electron chi connectivity index (χ3n) is 4.75. The Hall–Kier alpha value is -1.27. The Kier molecular flexibility index (Phi) is 10.9. The minimum absolute atomic E-state index is 0.390. The summed E-state index contributed by atoms with van der Waals surface area (Å²) in [5.74, 6) is 1.45. The normalized spacial score (nSPS) is 11.1. The van der Waals surface area contributed by atoms with Crippen molar-refractivity contribution < 1.29 is 9.47 Å². The van der Waals surface area contributed by atoms with Crippen molar-refractivity contribution in [3.05, 3.63) is 57.0 Å². The molecule has 0 heterocycles. The molecule has 2 aromatic carbocycles. The third kappa shape index (κ3) is 7.82. The largest absolute Gasteiger partial charge is 0.490 e. The molecule has 0 amide bonds. The number of nitrogens with zero attached hydrogens (tertiary/aromatic N) is 1. The molecule has 0 aliphatic heterocycles. The molecule has 6 heteroatoms. The molecule has 0 saturated carbocycles. The van der Waals surface area contributed by atoms with E-state index >= 15 is 0 Å². The Morgan fingerprint density at radius 2 is 1.83 bits per heavy atom. The van der Waals surface area contributed by atoms with Crippen LogP contribution in [0.5, 0.6) is 11.5 Å². The maximum atomic E-state index is 6.24. The highest BCUT2D eigenvalue weighted by Gasteiger charge is 2.13. The highest BCUT2D eigenvalue weighted by Crippen LogP contribution is 2.37. The molecule has 2 aromatic rings. The lowest BCUT2D eigenvalue weighted by Crippen LogP contribution is -2.27. The molecule has 0 radical (unpaired) electrons. The summed E-state index contributed by atoms with van der Waals surface area (Å²) in [6.45, 7) is 12.5. The molecule has 0 aliphatic carbocycles. The number of halogens is 2. The van der Waals surface area contributed by atoms with Gasteiger partial charge in [-0.25, -0.2) is 0 Å². The van der Waals surface area contributed by atoms with Gasteiger partial charge in [-0.15, -0.1) is 0 Å². The number of ether oxygens (including phenoxy) is 2. The number of nitrogens with one attached hydrogen (secondary N) is 1. The first-order chi connectivity index (χ1) is 14.1. The van der Waals surface area contributed by atoms with Gasteiger partial charge in [0, 0.05) is 17.1 Å². The Balaban J connectivity index is 1.97. The third-order valence-corrected chi connectivity index (χ3v) is 5.71. The Labute approximate surface area is 188 Å². The maximum absolute atomic E-state index is 6.24. The summed E-state index contributed by atoms with van der Waals surface area (Å²) in [4.78, 5) is 2.44. The SMILES string of the molecule is CCOc1cc(CNCCCN(CC)CC)cc(Br)c1OCc1ccccc1Cl. The van der Waals surface area contributed by atoms with E-state index in [1.807, 2.05) is 37.3 Å². The van der Waals surface area contributed by atoms with Gasteiger partial charge in [0.2, 0.25) is 0 Å². The second-order valence-corrected chi connectivity index (χ2v) is 8.04. The summed E-state index contributed by atoms with van der Waals surface area (Å²) in [6, 6.07) is 11.8. The van der Waals surface area contributed by atoms with E-state index in [0.717, 1.165) is 60.5 Å². The van der Waals surface area contributed by atoms with Gasteiger partial charge in [-0.2, -0.15) is 0 Å². The summed E-state index contributed by atoms with van der Waals surface area (Å²) < 4.78 is 12.8. The second kappa shape index (κ2) is 13.1. The van der Waals surface area contributed by atoms with Crippen LogP contribution in [0.3, 0.4) is 0 Å². The van der Waals surface area contributed by atoms with Crippen LogP contribution in [0, 0.1) is 0 Å². The number of benzene rings is 2. The average Bonchev–Trinajstić information content (AvgIpc) is 2.71. The van der Waals surface area contributed by atoms with Crippen LogP contribution in [0.2, 0.25) is 5.02 Å². The van der Waals surface area contributed by atoms with Crippen molar-refractivity contribution in [2.24, 2.45) is 0 Å². The van der Waals surface area contributed by atoms with Crippen LogP contribution in [0.4, 0.5) is 0 Å². The van der Waals surface area contributed by atoms with Gasteiger partial charge in [0.15, 0.2) is 11.5 Å². The Morgan fingerprint density at radius 1 is 1.07 bits per heavy atom. The Morgan fingerprint density at radius 3 is 2.52 bits per heavy atom. The van der Waals surface area contributed by atoms with Crippen molar-refractivity contribution in [1.29, 1.82) is 0 Å². The van der Waals surface area contributed by atoms with Crippen LogP contribution in [-0.4, -0.2) is 37.7 Å². The molecule has 160 valence electrons. The average molecular weight is 484 g/mol. The van der Waals surface area contributed by atoms with E-state index in [9.17, 15) is 0 Å². The topological polar surface area (TPSA) is 33.7 Å². The predicted molar refractivity (Wildman–Crippen MR) is 125 cm³/mol. The zero-order valence-electron chi connectivity index (χ0n) is 17.6. The first-order valence-electron chi connectivity index (χ1n) is 10.3. The fraction of sp³-hybridized carbons (Fsp3) is 0.478. The van der Waals surface area contributed by atoms with Gasteiger partial charge in [0.05, 0.1) is 11.1 Å². The lowest BCUT2D eigenvalue weighted by atomic mass is 10.2. The number of rotatable bonds is 13. The standard InChI is InChI=1S/C23H32BrClN2O2/c1-4-27(5-2)13-9-12-26-16-18-14-20(24)23(22(15-18)28-6-3)29-17-19-10-7-8-11-21(19)25/h7-8,10-11,14-15,26H,4-6,9,12-13,16-17H2,1-3H3. The quantitative estimate of drug-likeness (QED) is 0.360. The molecule has 2 rings (SSSR count). The number of hydrogen-bond donors (Lipinski definition) is 1. The van der Waals surface area contributed by atoms with Crippen LogP contribution >= 0.6 is 27.5 Å². The molecule has 1 N–H and O–H groups in total.